The van der Waals surface area contributed by atoms with Gasteiger partial charge in [0.15, 0.2) is 11.5 Å². The largest absolute Gasteiger partial charge is 0.493 e. The van der Waals surface area contributed by atoms with Gasteiger partial charge in [0.05, 0.1) is 7.11 Å². The summed E-state index contributed by atoms with van der Waals surface area (Å²) in [6.45, 7) is 2.03. The Bertz CT molecular complexity index is 881. The van der Waals surface area contributed by atoms with Crippen molar-refractivity contribution in [2.75, 3.05) is 45.2 Å². The molecule has 1 aromatic carbocycles. The molecule has 0 radical (unpaired) electrons. The first-order chi connectivity index (χ1) is 14.5. The Morgan fingerprint density at radius 3 is 2.73 bits per heavy atom. The molecule has 162 valence electrons. The van der Waals surface area contributed by atoms with Gasteiger partial charge in [-0.1, -0.05) is 0 Å². The number of methoxy groups -OCH3 is 1. The van der Waals surface area contributed by atoms with Crippen molar-refractivity contribution in [1.82, 2.24) is 15.3 Å². The number of rotatable bonds is 7. The van der Waals surface area contributed by atoms with E-state index < -0.39 is 0 Å². The van der Waals surface area contributed by atoms with Crippen LogP contribution in [0.1, 0.15) is 42.7 Å². The molecular formula is C22H31N5O3. The lowest BCUT2D eigenvalue weighted by atomic mass is 9.79. The summed E-state index contributed by atoms with van der Waals surface area (Å²) in [5.41, 5.74) is 8.14. The van der Waals surface area contributed by atoms with Crippen molar-refractivity contribution in [1.29, 1.82) is 0 Å². The number of hydrogen-bond donors (Lipinski definition) is 2. The number of nitrogen functional groups attached to an aromatic ring is 1. The fourth-order valence-corrected chi connectivity index (χ4v) is 4.43. The zero-order chi connectivity index (χ0) is 21.1. The third kappa shape index (κ3) is 4.38. The average Bonchev–Trinajstić information content (AvgIpc) is 3.22. The predicted octanol–water partition coefficient (Wildman–Crippen LogP) is 2.93. The fraction of sp³-hybridized carbons (Fsp3) is 0.545. The van der Waals surface area contributed by atoms with Crippen molar-refractivity contribution in [3.05, 3.63) is 29.5 Å². The smallest absolute Gasteiger partial charge is 0.231 e. The molecule has 0 bridgehead atoms. The van der Waals surface area contributed by atoms with E-state index in [9.17, 15) is 0 Å². The number of nitrogens with zero attached hydrogens (tertiary/aromatic N) is 3. The molecule has 1 fully saturated rings. The van der Waals surface area contributed by atoms with E-state index >= 15 is 0 Å². The second kappa shape index (κ2) is 8.95. The van der Waals surface area contributed by atoms with Crippen LogP contribution in [0, 0.1) is 5.92 Å². The number of nitrogens with two attached hydrogens (primary N) is 1. The molecule has 2 aromatic rings. The van der Waals surface area contributed by atoms with Crippen LogP contribution in [0.2, 0.25) is 0 Å². The monoisotopic (exact) mass is 413 g/mol. The second-order valence-corrected chi connectivity index (χ2v) is 8.28. The topological polar surface area (TPSA) is 94.8 Å². The van der Waals surface area contributed by atoms with E-state index in [1.807, 2.05) is 37.3 Å². The number of fused-ring (bicyclic) bond motifs is 1. The summed E-state index contributed by atoms with van der Waals surface area (Å²) in [4.78, 5) is 10.7. The molecule has 1 aromatic heterocycles. The zero-order valence-corrected chi connectivity index (χ0v) is 18.0. The van der Waals surface area contributed by atoms with Crippen LogP contribution in [0.5, 0.6) is 17.2 Å². The minimum atomic E-state index is 0.250. The highest BCUT2D eigenvalue weighted by atomic mass is 16.7. The van der Waals surface area contributed by atoms with Gasteiger partial charge >= 0.3 is 0 Å². The molecule has 0 unspecified atom stereocenters. The molecule has 1 saturated carbocycles. The number of nitrogens with one attached hydrogen (secondary N) is 1. The molecule has 8 heteroatoms. The minimum Gasteiger partial charge on any atom is -0.493 e. The summed E-state index contributed by atoms with van der Waals surface area (Å²) >= 11 is 0. The number of aromatic nitrogens is 2. The Labute approximate surface area is 177 Å². The van der Waals surface area contributed by atoms with Gasteiger partial charge < -0.3 is 30.2 Å². The Kier molecular flexibility index (Phi) is 6.13. The number of anilines is 2. The van der Waals surface area contributed by atoms with Gasteiger partial charge in [-0.2, -0.15) is 4.98 Å². The highest BCUT2D eigenvalue weighted by Crippen LogP contribution is 2.42. The number of hydrogen-bond acceptors (Lipinski definition) is 8. The maximum atomic E-state index is 5.79. The normalized spacial score (nSPS) is 20.2. The SMILES string of the molecule is COc1cc(CNC[C@H]2CC[C@@H](c3cnc(N)nc3N(C)C)CC2)cc2c1OCO2. The summed E-state index contributed by atoms with van der Waals surface area (Å²) in [5.74, 6) is 4.63. The van der Waals surface area contributed by atoms with Crippen LogP contribution >= 0.6 is 0 Å². The van der Waals surface area contributed by atoms with Crippen molar-refractivity contribution in [2.45, 2.75) is 38.1 Å². The van der Waals surface area contributed by atoms with Crippen molar-refractivity contribution in [2.24, 2.45) is 5.92 Å². The summed E-state index contributed by atoms with van der Waals surface area (Å²) in [7, 11) is 5.67. The molecule has 1 aliphatic carbocycles. The summed E-state index contributed by atoms with van der Waals surface area (Å²) in [6, 6.07) is 4.04. The molecule has 8 nitrogen and oxygen atoms in total. The van der Waals surface area contributed by atoms with Gasteiger partial charge in [0, 0.05) is 32.4 Å². The van der Waals surface area contributed by atoms with Gasteiger partial charge in [0.25, 0.3) is 0 Å². The standard InChI is InChI=1S/C22H31N5O3/c1-27(2)21-17(12-25-22(23)26-21)16-6-4-14(5-7-16)10-24-11-15-8-18(28-3)20-19(9-15)29-13-30-20/h8-9,12,14,16,24H,4-7,10-11,13H2,1-3H3,(H2,23,25,26)/t14-,16+. The van der Waals surface area contributed by atoms with E-state index in [-0.39, 0.29) is 6.79 Å². The quantitative estimate of drug-likeness (QED) is 0.715. The maximum Gasteiger partial charge on any atom is 0.231 e. The van der Waals surface area contributed by atoms with E-state index in [2.05, 4.69) is 15.3 Å². The lowest BCUT2D eigenvalue weighted by Crippen LogP contribution is -2.26. The van der Waals surface area contributed by atoms with Gasteiger partial charge in [-0.3, -0.25) is 0 Å². The first-order valence-electron chi connectivity index (χ1n) is 10.5. The first-order valence-corrected chi connectivity index (χ1v) is 10.5. The van der Waals surface area contributed by atoms with Gasteiger partial charge in [0.1, 0.15) is 5.82 Å². The molecule has 4 rings (SSSR count). The molecule has 2 aliphatic rings. The van der Waals surface area contributed by atoms with Crippen LogP contribution in [-0.4, -0.2) is 44.5 Å². The number of ether oxygens (including phenoxy) is 3. The molecule has 0 saturated heterocycles. The highest BCUT2D eigenvalue weighted by Gasteiger charge is 2.26. The van der Waals surface area contributed by atoms with Gasteiger partial charge in [0.2, 0.25) is 18.5 Å². The molecule has 1 aliphatic heterocycles. The third-order valence-corrected chi connectivity index (χ3v) is 6.01. The zero-order valence-electron chi connectivity index (χ0n) is 18.0. The van der Waals surface area contributed by atoms with Crippen LogP contribution < -0.4 is 30.2 Å². The highest BCUT2D eigenvalue weighted by molar-refractivity contribution is 5.55. The molecule has 2 heterocycles. The summed E-state index contributed by atoms with van der Waals surface area (Å²) in [6.07, 6.45) is 6.60. The Morgan fingerprint density at radius 1 is 1.20 bits per heavy atom. The molecular weight excluding hydrogens is 382 g/mol. The lowest BCUT2D eigenvalue weighted by Gasteiger charge is -2.30. The van der Waals surface area contributed by atoms with Crippen LogP contribution in [0.15, 0.2) is 18.3 Å². The minimum absolute atomic E-state index is 0.250. The predicted molar refractivity (Wildman–Crippen MR) is 116 cm³/mol. The summed E-state index contributed by atoms with van der Waals surface area (Å²) in [5, 5.41) is 3.60. The first kappa shape index (κ1) is 20.5. The molecule has 3 N–H and O–H groups in total. The van der Waals surface area contributed by atoms with Crippen LogP contribution in [0.4, 0.5) is 11.8 Å². The Balaban J connectivity index is 1.29. The average molecular weight is 414 g/mol. The van der Waals surface area contributed by atoms with Gasteiger partial charge in [-0.15, -0.1) is 0 Å². The van der Waals surface area contributed by atoms with Crippen molar-refractivity contribution in [3.8, 4) is 17.2 Å². The summed E-state index contributed by atoms with van der Waals surface area (Å²) < 4.78 is 16.4. The van der Waals surface area contributed by atoms with Gasteiger partial charge in [-0.25, -0.2) is 4.98 Å². The molecule has 0 atom stereocenters. The fourth-order valence-electron chi connectivity index (χ4n) is 4.43. The Morgan fingerprint density at radius 2 is 2.00 bits per heavy atom. The number of benzene rings is 1. The van der Waals surface area contributed by atoms with E-state index in [1.165, 1.54) is 18.4 Å². The Hall–Kier alpha value is -2.74. The lowest BCUT2D eigenvalue weighted by molar-refractivity contribution is 0.171. The van der Waals surface area contributed by atoms with Crippen molar-refractivity contribution in [3.63, 3.8) is 0 Å². The third-order valence-electron chi connectivity index (χ3n) is 6.01. The molecule has 30 heavy (non-hydrogen) atoms. The van der Waals surface area contributed by atoms with E-state index in [1.54, 1.807) is 7.11 Å². The van der Waals surface area contributed by atoms with E-state index in [4.69, 9.17) is 19.9 Å². The van der Waals surface area contributed by atoms with E-state index in [0.717, 1.165) is 48.8 Å². The van der Waals surface area contributed by atoms with Crippen LogP contribution in [0.3, 0.4) is 0 Å². The van der Waals surface area contributed by atoms with Crippen molar-refractivity contribution < 1.29 is 14.2 Å². The van der Waals surface area contributed by atoms with Crippen LogP contribution in [-0.2, 0) is 6.54 Å². The van der Waals surface area contributed by atoms with Gasteiger partial charge in [-0.05, 0) is 61.8 Å². The second-order valence-electron chi connectivity index (χ2n) is 8.28. The molecule has 0 amide bonds. The molecule has 0 spiro atoms. The van der Waals surface area contributed by atoms with Crippen LogP contribution in [0.25, 0.3) is 0 Å². The van der Waals surface area contributed by atoms with E-state index in [0.29, 0.717) is 23.5 Å². The van der Waals surface area contributed by atoms with Crippen molar-refractivity contribution >= 4 is 11.8 Å². The maximum absolute atomic E-state index is 5.79.